The van der Waals surface area contributed by atoms with Gasteiger partial charge in [-0.25, -0.2) is 23.2 Å². The fourth-order valence-corrected chi connectivity index (χ4v) is 4.21. The molecular weight excluding hydrogens is 524 g/mol. The predicted octanol–water partition coefficient (Wildman–Crippen LogP) is 4.26. The standard InChI is InChI=1S/C28H25F2N5O5/c1-2-13-33(16-28(37,17-34-19-31-18-32-34)25-12-7-22(29)14-26(25)30)15-20-3-5-21(6-4-20)27(36)40-24-10-8-23(9-11-24)35(38)39/h2-12,14,18-19,37H,1,13,15-17H2. The van der Waals surface area contributed by atoms with Gasteiger partial charge in [-0.2, -0.15) is 5.10 Å². The molecule has 0 aliphatic carbocycles. The van der Waals surface area contributed by atoms with Gasteiger partial charge in [-0.1, -0.05) is 24.3 Å². The molecule has 1 heterocycles. The predicted molar refractivity (Wildman–Crippen MR) is 140 cm³/mol. The smallest absolute Gasteiger partial charge is 0.343 e. The number of carbonyl (C=O) groups excluding carboxylic acids is 1. The third-order valence-corrected chi connectivity index (χ3v) is 6.05. The Kier molecular flexibility index (Phi) is 8.72. The molecule has 0 bridgehead atoms. The van der Waals surface area contributed by atoms with Gasteiger partial charge >= 0.3 is 5.97 Å². The molecule has 12 heteroatoms. The molecule has 0 aliphatic rings. The summed E-state index contributed by atoms with van der Waals surface area (Å²) in [5, 5.41) is 26.5. The first-order chi connectivity index (χ1) is 19.2. The summed E-state index contributed by atoms with van der Waals surface area (Å²) in [6.45, 7) is 4.19. The van der Waals surface area contributed by atoms with E-state index in [1.165, 1.54) is 47.7 Å². The number of hydrogen-bond donors (Lipinski definition) is 1. The lowest BCUT2D eigenvalue weighted by Crippen LogP contribution is -2.44. The van der Waals surface area contributed by atoms with E-state index in [0.717, 1.165) is 11.6 Å². The molecule has 40 heavy (non-hydrogen) atoms. The molecule has 3 aromatic carbocycles. The second kappa shape index (κ2) is 12.4. The van der Waals surface area contributed by atoms with E-state index in [9.17, 15) is 28.8 Å². The van der Waals surface area contributed by atoms with Gasteiger partial charge in [0, 0.05) is 43.4 Å². The van der Waals surface area contributed by atoms with Crippen LogP contribution < -0.4 is 4.74 Å². The van der Waals surface area contributed by atoms with Crippen LogP contribution in [0.5, 0.6) is 5.75 Å². The Morgan fingerprint density at radius 3 is 2.48 bits per heavy atom. The van der Waals surface area contributed by atoms with Crippen LogP contribution in [0.1, 0.15) is 21.5 Å². The quantitative estimate of drug-likeness (QED) is 0.0914. The highest BCUT2D eigenvalue weighted by Crippen LogP contribution is 2.28. The number of nitro groups is 1. The third kappa shape index (κ3) is 6.98. The molecule has 1 aromatic heterocycles. The first-order valence-electron chi connectivity index (χ1n) is 12.1. The SMILES string of the molecule is C=CCN(Cc1ccc(C(=O)Oc2ccc([N+](=O)[O-])cc2)cc1)CC(O)(Cn1cncn1)c1ccc(F)cc1F. The van der Waals surface area contributed by atoms with Gasteiger partial charge < -0.3 is 9.84 Å². The summed E-state index contributed by atoms with van der Waals surface area (Å²) in [5.74, 6) is -2.13. The Morgan fingerprint density at radius 2 is 1.88 bits per heavy atom. The fraction of sp³-hybridized carbons (Fsp3) is 0.179. The zero-order chi connectivity index (χ0) is 28.7. The molecule has 0 fully saturated rings. The van der Waals surface area contributed by atoms with Crippen molar-refractivity contribution in [2.24, 2.45) is 0 Å². The summed E-state index contributed by atoms with van der Waals surface area (Å²) >= 11 is 0. The number of non-ortho nitro benzene ring substituents is 1. The molecule has 4 aromatic rings. The Morgan fingerprint density at radius 1 is 1.15 bits per heavy atom. The largest absolute Gasteiger partial charge is 0.423 e. The summed E-state index contributed by atoms with van der Waals surface area (Å²) in [4.78, 5) is 28.5. The summed E-state index contributed by atoms with van der Waals surface area (Å²) in [7, 11) is 0. The van der Waals surface area contributed by atoms with Crippen LogP contribution in [0.4, 0.5) is 14.5 Å². The lowest BCUT2D eigenvalue weighted by atomic mass is 9.92. The highest BCUT2D eigenvalue weighted by Gasteiger charge is 2.35. The van der Waals surface area contributed by atoms with Crippen LogP contribution in [0, 0.1) is 21.7 Å². The minimum Gasteiger partial charge on any atom is -0.423 e. The first kappa shape index (κ1) is 28.2. The average Bonchev–Trinajstić information content (AvgIpc) is 3.42. The van der Waals surface area contributed by atoms with Crippen molar-refractivity contribution in [3.8, 4) is 5.75 Å². The van der Waals surface area contributed by atoms with Crippen LogP contribution in [0.3, 0.4) is 0 Å². The van der Waals surface area contributed by atoms with Gasteiger partial charge in [-0.05, 0) is 35.9 Å². The summed E-state index contributed by atoms with van der Waals surface area (Å²) in [6.07, 6.45) is 4.31. The number of nitro benzene ring substituents is 1. The molecule has 1 N–H and O–H groups in total. The van der Waals surface area contributed by atoms with Crippen molar-refractivity contribution in [3.63, 3.8) is 0 Å². The van der Waals surface area contributed by atoms with Gasteiger partial charge in [0.15, 0.2) is 0 Å². The molecule has 0 spiro atoms. The Hall–Kier alpha value is -4.81. The van der Waals surface area contributed by atoms with Gasteiger partial charge in [0.1, 0.15) is 35.6 Å². The van der Waals surface area contributed by atoms with Gasteiger partial charge in [0.2, 0.25) is 0 Å². The number of carbonyl (C=O) groups is 1. The number of aromatic nitrogens is 3. The third-order valence-electron chi connectivity index (χ3n) is 6.05. The molecule has 1 unspecified atom stereocenters. The van der Waals surface area contributed by atoms with E-state index in [-0.39, 0.29) is 35.7 Å². The number of benzene rings is 3. The number of esters is 1. The van der Waals surface area contributed by atoms with Gasteiger partial charge in [0.25, 0.3) is 5.69 Å². The number of nitrogens with zero attached hydrogens (tertiary/aromatic N) is 5. The zero-order valence-electron chi connectivity index (χ0n) is 21.2. The topological polar surface area (TPSA) is 124 Å². The Labute approximate surface area is 227 Å². The van der Waals surface area contributed by atoms with Crippen LogP contribution >= 0.6 is 0 Å². The van der Waals surface area contributed by atoms with Crippen LogP contribution in [0.2, 0.25) is 0 Å². The van der Waals surface area contributed by atoms with Crippen molar-refractivity contribution in [1.29, 1.82) is 0 Å². The lowest BCUT2D eigenvalue weighted by molar-refractivity contribution is -0.384. The van der Waals surface area contributed by atoms with E-state index in [0.29, 0.717) is 19.2 Å². The summed E-state index contributed by atoms with van der Waals surface area (Å²) < 4.78 is 35.1. The van der Waals surface area contributed by atoms with Crippen LogP contribution in [-0.4, -0.2) is 48.8 Å². The first-order valence-corrected chi connectivity index (χ1v) is 12.1. The normalized spacial score (nSPS) is 12.6. The maximum Gasteiger partial charge on any atom is 0.343 e. The molecule has 10 nitrogen and oxygen atoms in total. The molecule has 206 valence electrons. The van der Waals surface area contributed by atoms with Crippen LogP contribution in [-0.2, 0) is 18.7 Å². The van der Waals surface area contributed by atoms with Gasteiger partial charge in [0.05, 0.1) is 17.0 Å². The van der Waals surface area contributed by atoms with E-state index in [4.69, 9.17) is 4.74 Å². The summed E-state index contributed by atoms with van der Waals surface area (Å²) in [5.41, 5.74) is -0.987. The fourth-order valence-electron chi connectivity index (χ4n) is 4.21. The van der Waals surface area contributed by atoms with E-state index in [1.54, 1.807) is 30.3 Å². The zero-order valence-corrected chi connectivity index (χ0v) is 21.2. The molecule has 0 saturated carbocycles. The van der Waals surface area contributed by atoms with Crippen molar-refractivity contribution in [2.45, 2.75) is 18.7 Å². The van der Waals surface area contributed by atoms with E-state index in [2.05, 4.69) is 16.7 Å². The summed E-state index contributed by atoms with van der Waals surface area (Å²) in [6, 6.07) is 14.7. The molecule has 1 atom stereocenters. The monoisotopic (exact) mass is 549 g/mol. The molecular formula is C28H25F2N5O5. The molecule has 0 saturated heterocycles. The van der Waals surface area contributed by atoms with Gasteiger partial charge in [-0.15, -0.1) is 6.58 Å². The molecule has 4 rings (SSSR count). The van der Waals surface area contributed by atoms with Crippen molar-refractivity contribution >= 4 is 11.7 Å². The second-order valence-electron chi connectivity index (χ2n) is 9.04. The number of rotatable bonds is 12. The van der Waals surface area contributed by atoms with Crippen molar-refractivity contribution in [2.75, 3.05) is 13.1 Å². The van der Waals surface area contributed by atoms with Crippen LogP contribution in [0.15, 0.2) is 92.0 Å². The maximum absolute atomic E-state index is 14.8. The van der Waals surface area contributed by atoms with Crippen molar-refractivity contribution in [3.05, 3.63) is 130 Å². The van der Waals surface area contributed by atoms with Gasteiger partial charge in [-0.3, -0.25) is 15.0 Å². The number of aliphatic hydroxyl groups is 1. The van der Waals surface area contributed by atoms with E-state index >= 15 is 0 Å². The Bertz CT molecular complexity index is 1480. The highest BCUT2D eigenvalue weighted by molar-refractivity contribution is 5.91. The highest BCUT2D eigenvalue weighted by atomic mass is 19.1. The number of ether oxygens (including phenoxy) is 1. The number of hydrogen-bond acceptors (Lipinski definition) is 8. The van der Waals surface area contributed by atoms with Crippen molar-refractivity contribution in [1.82, 2.24) is 19.7 Å². The molecule has 0 radical (unpaired) electrons. The second-order valence-corrected chi connectivity index (χ2v) is 9.04. The molecule has 0 aliphatic heterocycles. The number of halogens is 2. The minimum atomic E-state index is -1.80. The average molecular weight is 550 g/mol. The van der Waals surface area contributed by atoms with E-state index < -0.39 is 28.1 Å². The molecule has 0 amide bonds. The Balaban J connectivity index is 1.49. The lowest BCUT2D eigenvalue weighted by Gasteiger charge is -2.34. The van der Waals surface area contributed by atoms with Crippen molar-refractivity contribution < 1.29 is 28.3 Å². The minimum absolute atomic E-state index is 0.0641. The van der Waals surface area contributed by atoms with Crippen LogP contribution in [0.25, 0.3) is 0 Å². The maximum atomic E-state index is 14.8. The van der Waals surface area contributed by atoms with E-state index in [1.807, 2.05) is 4.90 Å².